The fourth-order valence-corrected chi connectivity index (χ4v) is 9.57. The van der Waals surface area contributed by atoms with E-state index in [4.69, 9.17) is 26.3 Å². The number of likely N-dealkylation sites (tertiary alicyclic amines) is 1. The van der Waals surface area contributed by atoms with E-state index in [9.17, 15) is 24.9 Å². The summed E-state index contributed by atoms with van der Waals surface area (Å²) in [4.78, 5) is 39.3. The van der Waals surface area contributed by atoms with Crippen LogP contribution in [0.2, 0.25) is 5.02 Å². The molecule has 15 nitrogen and oxygen atoms in total. The number of amides is 1. The van der Waals surface area contributed by atoms with E-state index in [2.05, 4.69) is 31.8 Å². The summed E-state index contributed by atoms with van der Waals surface area (Å²) >= 11 is 7.80. The molecule has 1 amide bonds. The van der Waals surface area contributed by atoms with Crippen LogP contribution in [0.1, 0.15) is 82.0 Å². The number of ketones is 1. The zero-order valence-electron chi connectivity index (χ0n) is 40.3. The lowest BCUT2D eigenvalue weighted by molar-refractivity contribution is -0.143. The molecule has 3 aromatic carbocycles. The van der Waals surface area contributed by atoms with E-state index in [1.165, 1.54) is 4.90 Å². The maximum atomic E-state index is 14.1. The average Bonchev–Trinajstić information content (AvgIpc) is 4.10. The van der Waals surface area contributed by atoms with Crippen LogP contribution in [0.5, 0.6) is 5.88 Å². The van der Waals surface area contributed by atoms with Crippen LogP contribution in [-0.4, -0.2) is 108 Å². The normalized spacial score (nSPS) is 17.1. The molecule has 0 bridgehead atoms. The molecule has 70 heavy (non-hydrogen) atoms. The molecule has 0 aliphatic carbocycles. The molecular weight excluding hydrogens is 928 g/mol. The Kier molecular flexibility index (Phi) is 17.3. The summed E-state index contributed by atoms with van der Waals surface area (Å²) in [6.07, 6.45) is 0.994. The Bertz CT molecular complexity index is 2740. The van der Waals surface area contributed by atoms with E-state index >= 15 is 0 Å². The van der Waals surface area contributed by atoms with E-state index in [1.807, 2.05) is 120 Å². The number of aryl methyl sites for hydroxylation is 1. The van der Waals surface area contributed by atoms with Crippen molar-refractivity contribution in [3.63, 3.8) is 0 Å². The largest absolute Gasteiger partial charge is 0.475 e. The van der Waals surface area contributed by atoms with Crippen LogP contribution in [0.4, 0.5) is 0 Å². The van der Waals surface area contributed by atoms with Crippen LogP contribution in [0.15, 0.2) is 103 Å². The quantitative estimate of drug-likeness (QED) is 0.0347. The van der Waals surface area contributed by atoms with Gasteiger partial charge in [0.25, 0.3) is 0 Å². The SMILES string of the molecule is Cc1ncsc1-c1ccc([C@H](C)CC(=O)C2C[C@@H](O)CN2C(=O)[C@@H](NC(O)COCCOc2ccc(-c3ccc(C(O)NC(C)Cn4ccc(-c5ccc(C#N)c(Cl)c5)n4)cc3)cn2)C(C)(C)C)cc1. The molecule has 17 heteroatoms. The van der Waals surface area contributed by atoms with Crippen LogP contribution in [0.25, 0.3) is 32.8 Å². The second-order valence-electron chi connectivity index (χ2n) is 19.0. The summed E-state index contributed by atoms with van der Waals surface area (Å²) in [7, 11) is 0. The van der Waals surface area contributed by atoms with Gasteiger partial charge in [-0.05, 0) is 71.7 Å². The first-order chi connectivity index (χ1) is 33.5. The number of ether oxygens (including phenoxy) is 2. The molecule has 5 N–H and O–H groups in total. The monoisotopic (exact) mass is 988 g/mol. The Morgan fingerprint density at radius 2 is 1.63 bits per heavy atom. The van der Waals surface area contributed by atoms with Crippen molar-refractivity contribution >= 4 is 34.6 Å². The minimum Gasteiger partial charge on any atom is -0.475 e. The summed E-state index contributed by atoms with van der Waals surface area (Å²) in [6.45, 7) is 12.3. The Morgan fingerprint density at radius 3 is 2.29 bits per heavy atom. The molecule has 1 fully saturated rings. The van der Waals surface area contributed by atoms with E-state index in [0.29, 0.717) is 28.6 Å². The number of thiazole rings is 1. The first kappa shape index (κ1) is 52.0. The molecule has 0 saturated carbocycles. The third-order valence-corrected chi connectivity index (χ3v) is 13.7. The van der Waals surface area contributed by atoms with Gasteiger partial charge >= 0.3 is 0 Å². The number of rotatable bonds is 21. The summed E-state index contributed by atoms with van der Waals surface area (Å²) < 4.78 is 13.3. The highest BCUT2D eigenvalue weighted by atomic mass is 35.5. The highest BCUT2D eigenvalue weighted by molar-refractivity contribution is 7.13. The third-order valence-electron chi connectivity index (χ3n) is 12.4. The molecule has 1 aliphatic rings. The fraction of sp³-hybridized carbons (Fsp3) is 0.396. The maximum Gasteiger partial charge on any atom is 0.241 e. The van der Waals surface area contributed by atoms with Gasteiger partial charge in [0.15, 0.2) is 5.78 Å². The zero-order valence-corrected chi connectivity index (χ0v) is 41.8. The number of benzene rings is 3. The summed E-state index contributed by atoms with van der Waals surface area (Å²) in [6, 6.07) is 26.7. The molecule has 0 radical (unpaired) electrons. The number of aromatic nitrogens is 4. The van der Waals surface area contributed by atoms with E-state index in [0.717, 1.165) is 44.1 Å². The maximum absolute atomic E-state index is 14.1. The Morgan fingerprint density at radius 1 is 0.929 bits per heavy atom. The van der Waals surface area contributed by atoms with Gasteiger partial charge in [0.1, 0.15) is 25.1 Å². The van der Waals surface area contributed by atoms with Gasteiger partial charge in [0.2, 0.25) is 11.8 Å². The standard InChI is InChI=1S/C53H61ClN8O7S/c1-32(35-7-11-37(12-8-35)49-34(3)57-31-70-49)23-46(64)45-25-42(63)29-62(45)52(67)50(53(4,5)6)59-47(65)30-68-21-22-69-48-18-17-41(27-56-48)36-9-13-38(14-10-36)51(66)58-33(2)28-61-20-19-44(60-61)39-15-16-40(26-55)43(54)24-39/h7-20,24,27,31-33,42,45,47,50-51,58-59,63,65-66H,21-23,25,28-30H2,1-6H3/t32-,33?,42-,45?,47?,50-,51?/m1/s1. The zero-order chi connectivity index (χ0) is 50.1. The minimum atomic E-state index is -1.20. The molecule has 4 heterocycles. The number of nitrogens with zero attached hydrogens (tertiary/aromatic N) is 6. The fourth-order valence-electron chi connectivity index (χ4n) is 8.53. The topological polar surface area (TPSA) is 208 Å². The molecule has 368 valence electrons. The molecule has 7 rings (SSSR count). The molecule has 1 saturated heterocycles. The molecule has 6 aromatic rings. The molecule has 1 aliphatic heterocycles. The second kappa shape index (κ2) is 23.4. The van der Waals surface area contributed by atoms with Gasteiger partial charge in [-0.15, -0.1) is 11.3 Å². The lowest BCUT2D eigenvalue weighted by Gasteiger charge is -2.36. The van der Waals surface area contributed by atoms with Crippen molar-refractivity contribution in [1.29, 1.82) is 5.26 Å². The smallest absolute Gasteiger partial charge is 0.241 e. The molecule has 0 spiro atoms. The number of Topliss-reactive ketones (excluding diaryl/α,β-unsaturated/α-hetero) is 1. The van der Waals surface area contributed by atoms with E-state index in [1.54, 1.807) is 40.4 Å². The minimum absolute atomic E-state index is 0.0330. The Labute approximate surface area is 418 Å². The van der Waals surface area contributed by atoms with Gasteiger partial charge < -0.3 is 29.7 Å². The number of nitriles is 1. The number of hydrogen-bond acceptors (Lipinski definition) is 14. The van der Waals surface area contributed by atoms with Crippen LogP contribution >= 0.6 is 22.9 Å². The van der Waals surface area contributed by atoms with Gasteiger partial charge in [-0.25, -0.2) is 9.97 Å². The van der Waals surface area contributed by atoms with Gasteiger partial charge in [-0.2, -0.15) is 10.4 Å². The predicted octanol–water partition coefficient (Wildman–Crippen LogP) is 7.68. The summed E-state index contributed by atoms with van der Waals surface area (Å²) in [5.74, 6) is -0.179. The van der Waals surface area contributed by atoms with Crippen molar-refractivity contribution in [3.8, 4) is 44.8 Å². The van der Waals surface area contributed by atoms with E-state index < -0.39 is 36.1 Å². The van der Waals surface area contributed by atoms with Crippen molar-refractivity contribution in [2.45, 2.75) is 104 Å². The Balaban J connectivity index is 0.829. The molecule has 3 aromatic heterocycles. The van der Waals surface area contributed by atoms with Gasteiger partial charge in [-0.3, -0.25) is 24.9 Å². The molecular formula is C53H61ClN8O7S. The predicted molar refractivity (Wildman–Crippen MR) is 270 cm³/mol. The second-order valence-corrected chi connectivity index (χ2v) is 20.2. The number of pyridine rings is 1. The van der Waals surface area contributed by atoms with Crippen molar-refractivity contribution in [2.24, 2.45) is 5.41 Å². The van der Waals surface area contributed by atoms with Crippen molar-refractivity contribution in [3.05, 3.63) is 130 Å². The Hall–Kier alpha value is -5.87. The average molecular weight is 990 g/mol. The van der Waals surface area contributed by atoms with Gasteiger partial charge in [0, 0.05) is 55.0 Å². The van der Waals surface area contributed by atoms with Gasteiger partial charge in [-0.1, -0.05) is 93.9 Å². The van der Waals surface area contributed by atoms with E-state index in [-0.39, 0.29) is 62.9 Å². The van der Waals surface area contributed by atoms with Crippen LogP contribution in [0, 0.1) is 23.7 Å². The number of halogens is 1. The lowest BCUT2D eigenvalue weighted by atomic mass is 9.85. The summed E-state index contributed by atoms with van der Waals surface area (Å²) in [5.41, 5.74) is 8.66. The van der Waals surface area contributed by atoms with Crippen molar-refractivity contribution in [2.75, 3.05) is 26.4 Å². The number of aliphatic hydroxyl groups excluding tert-OH is 3. The number of nitrogens with one attached hydrogen (secondary N) is 2. The van der Waals surface area contributed by atoms with Crippen LogP contribution < -0.4 is 15.4 Å². The van der Waals surface area contributed by atoms with Crippen LogP contribution in [-0.2, 0) is 20.9 Å². The number of β-amino-alcohol motifs (C(OH)–C–C–N with tert-alkyl or cyclic N) is 1. The number of carbonyl (C=O) groups excluding carboxylic acids is 2. The number of hydrogen-bond donors (Lipinski definition) is 5. The van der Waals surface area contributed by atoms with Crippen molar-refractivity contribution in [1.82, 2.24) is 35.3 Å². The van der Waals surface area contributed by atoms with Crippen molar-refractivity contribution < 1.29 is 34.4 Å². The first-order valence-corrected chi connectivity index (χ1v) is 24.6. The highest BCUT2D eigenvalue weighted by Gasteiger charge is 2.44. The number of carbonyl (C=O) groups is 2. The van der Waals surface area contributed by atoms with Gasteiger partial charge in [0.05, 0.1) is 70.3 Å². The summed E-state index contributed by atoms with van der Waals surface area (Å²) in [5, 5.41) is 53.0. The molecule has 7 atom stereocenters. The molecule has 4 unspecified atom stereocenters. The first-order valence-electron chi connectivity index (χ1n) is 23.4. The highest BCUT2D eigenvalue weighted by Crippen LogP contribution is 2.32. The van der Waals surface area contributed by atoms with Crippen LogP contribution in [0.3, 0.4) is 0 Å². The lowest BCUT2D eigenvalue weighted by Crippen LogP contribution is -2.58. The number of aliphatic hydroxyl groups is 3. The third kappa shape index (κ3) is 13.3.